The minimum absolute atomic E-state index is 0.0289. The van der Waals surface area contributed by atoms with E-state index < -0.39 is 0 Å². The second-order valence-electron chi connectivity index (χ2n) is 28.9. The molecule has 2 nitrogen and oxygen atoms in total. The summed E-state index contributed by atoms with van der Waals surface area (Å²) in [7, 11) is 0. The number of nitrogens with zero attached hydrogens (tertiary/aromatic N) is 2. The van der Waals surface area contributed by atoms with E-state index >= 15 is 0 Å². The fraction of sp³-hybridized carbons (Fsp3) is 0.316. The number of anilines is 3. The number of rotatable bonds is 4. The summed E-state index contributed by atoms with van der Waals surface area (Å²) in [6.07, 6.45) is 17.1. The maximum absolute atomic E-state index is 2.94. The zero-order valence-corrected chi connectivity index (χ0v) is 48.4. The Balaban J connectivity index is 0.948. The van der Waals surface area contributed by atoms with Gasteiger partial charge in [-0.2, -0.15) is 0 Å². The lowest BCUT2D eigenvalue weighted by molar-refractivity contribution is -0.00527. The molecule has 5 heteroatoms. The van der Waals surface area contributed by atoms with Crippen LogP contribution in [0.25, 0.3) is 95.2 Å². The summed E-state index contributed by atoms with van der Waals surface area (Å²) in [6.45, 7) is 7.07. The second-order valence-corrected chi connectivity index (χ2v) is 31.0. The van der Waals surface area contributed by atoms with Gasteiger partial charge in [0.05, 0.1) is 16.1 Å². The number of hydrogen-bond donors (Lipinski definition) is 0. The van der Waals surface area contributed by atoms with Gasteiger partial charge in [-0.15, -0.1) is 22.7 Å². The SMILES string of the molecule is CC(C)(C)c1ccc(N2c3cc4sc5cc6ccccc6cc5c4cc3B3c4c(cc5c(sc6ccccc65)c42)-c2cc(C45CC6CC(CC(C6)C4)C5)cc4c5cc(C67CC8CC(CC(C8)C6)C7)ccc5n3c24)c(-c2ccccc2)c1. The Hall–Kier alpha value is -6.66. The van der Waals surface area contributed by atoms with E-state index in [1.54, 1.807) is 11.1 Å². The zero-order chi connectivity index (χ0) is 53.0. The largest absolute Gasteiger partial charge is 0.375 e. The van der Waals surface area contributed by atoms with Crippen molar-refractivity contribution < 1.29 is 0 Å². The minimum Gasteiger partial charge on any atom is -0.375 e. The van der Waals surface area contributed by atoms with E-state index in [9.17, 15) is 0 Å². The lowest BCUT2D eigenvalue weighted by atomic mass is 9.44. The molecule has 8 fully saturated rings. The molecule has 8 aliphatic carbocycles. The topological polar surface area (TPSA) is 8.17 Å². The molecule has 2 aliphatic heterocycles. The van der Waals surface area contributed by atoms with Gasteiger partial charge in [0.25, 0.3) is 0 Å². The quantitative estimate of drug-likeness (QED) is 0.160. The van der Waals surface area contributed by atoms with Gasteiger partial charge in [-0.05, 0) is 245 Å². The average Bonchev–Trinajstić information content (AvgIpc) is 2.04. The first-order chi connectivity index (χ1) is 39.6. The number of aromatic nitrogens is 1. The van der Waals surface area contributed by atoms with Crippen molar-refractivity contribution in [3.05, 3.63) is 174 Å². The highest BCUT2D eigenvalue weighted by atomic mass is 32.1. The molecular weight excluding hydrogens is 1020 g/mol. The summed E-state index contributed by atoms with van der Waals surface area (Å²) >= 11 is 3.99. The van der Waals surface area contributed by atoms with Crippen molar-refractivity contribution in [1.82, 2.24) is 4.48 Å². The predicted octanol–water partition coefficient (Wildman–Crippen LogP) is 20.0. The fourth-order valence-corrected chi connectivity index (χ4v) is 22.9. The van der Waals surface area contributed by atoms with Crippen LogP contribution in [0.5, 0.6) is 0 Å². The molecule has 8 saturated carbocycles. The molecule has 0 radical (unpaired) electrons. The Labute approximate surface area is 482 Å². The van der Waals surface area contributed by atoms with Gasteiger partial charge < -0.3 is 9.38 Å². The number of hydrogen-bond acceptors (Lipinski definition) is 3. The molecule has 22 rings (SSSR count). The van der Waals surface area contributed by atoms with Crippen LogP contribution in [-0.4, -0.2) is 11.3 Å². The minimum atomic E-state index is -0.0482. The van der Waals surface area contributed by atoms with E-state index in [0.717, 1.165) is 35.5 Å². The normalized spacial score (nSPS) is 26.7. The van der Waals surface area contributed by atoms with Gasteiger partial charge in [0.1, 0.15) is 0 Å². The van der Waals surface area contributed by atoms with E-state index in [-0.39, 0.29) is 17.7 Å². The molecule has 3 aromatic heterocycles. The molecule has 5 heterocycles. The van der Waals surface area contributed by atoms with Gasteiger partial charge in [0.15, 0.2) is 0 Å². The zero-order valence-electron chi connectivity index (χ0n) is 46.7. The van der Waals surface area contributed by atoms with Gasteiger partial charge in [-0.1, -0.05) is 112 Å². The maximum atomic E-state index is 2.94. The van der Waals surface area contributed by atoms with Crippen molar-refractivity contribution in [3.8, 4) is 22.3 Å². The molecule has 394 valence electrons. The van der Waals surface area contributed by atoms with Crippen molar-refractivity contribution >= 4 is 130 Å². The summed E-state index contributed by atoms with van der Waals surface area (Å²) in [5, 5.41) is 11.1. The van der Waals surface area contributed by atoms with Crippen LogP contribution < -0.4 is 15.8 Å². The summed E-state index contributed by atoms with van der Waals surface area (Å²) in [6, 6.07) is 64.0. The number of thiophene rings is 2. The Morgan fingerprint density at radius 3 is 1.80 bits per heavy atom. The van der Waals surface area contributed by atoms with Gasteiger partial charge in [0.2, 0.25) is 0 Å². The molecule has 0 N–H and O–H groups in total. The van der Waals surface area contributed by atoms with Gasteiger partial charge in [-0.3, -0.25) is 0 Å². The number of fused-ring (bicyclic) bond motifs is 15. The van der Waals surface area contributed by atoms with Crippen LogP contribution in [0.4, 0.5) is 17.1 Å². The van der Waals surface area contributed by atoms with Crippen molar-refractivity contribution in [2.75, 3.05) is 4.90 Å². The van der Waals surface area contributed by atoms with Crippen LogP contribution in [0.1, 0.15) is 115 Å². The second kappa shape index (κ2) is 15.7. The van der Waals surface area contributed by atoms with Crippen LogP contribution in [0.3, 0.4) is 0 Å². The van der Waals surface area contributed by atoms with Crippen LogP contribution >= 0.6 is 22.7 Å². The smallest absolute Gasteiger partial charge is 0.333 e. The van der Waals surface area contributed by atoms with E-state index in [1.165, 1.54) is 206 Å². The molecule has 0 unspecified atom stereocenters. The third-order valence-electron chi connectivity index (χ3n) is 23.1. The molecule has 0 atom stereocenters. The Bertz CT molecular complexity index is 4720. The highest BCUT2D eigenvalue weighted by molar-refractivity contribution is 7.27. The third-order valence-corrected chi connectivity index (χ3v) is 25.4. The maximum Gasteiger partial charge on any atom is 0.333 e. The lowest BCUT2D eigenvalue weighted by Gasteiger charge is -2.57. The fourth-order valence-electron chi connectivity index (χ4n) is 20.6. The van der Waals surface area contributed by atoms with Crippen LogP contribution in [0.15, 0.2) is 158 Å². The Morgan fingerprint density at radius 2 is 1.09 bits per heavy atom. The molecule has 9 aromatic carbocycles. The van der Waals surface area contributed by atoms with Crippen LogP contribution in [-0.2, 0) is 16.2 Å². The molecule has 81 heavy (non-hydrogen) atoms. The Kier molecular flexibility index (Phi) is 8.90. The first kappa shape index (κ1) is 45.9. The molecule has 0 amide bonds. The summed E-state index contributed by atoms with van der Waals surface area (Å²) < 4.78 is 8.40. The van der Waals surface area contributed by atoms with E-state index in [0.29, 0.717) is 5.41 Å². The first-order valence-corrected chi connectivity index (χ1v) is 32.7. The highest BCUT2D eigenvalue weighted by Crippen LogP contribution is 2.64. The average molecular weight is 1080 g/mol. The van der Waals surface area contributed by atoms with Crippen molar-refractivity contribution in [1.29, 1.82) is 0 Å². The van der Waals surface area contributed by atoms with Gasteiger partial charge >= 0.3 is 6.85 Å². The first-order valence-electron chi connectivity index (χ1n) is 31.1. The Morgan fingerprint density at radius 1 is 0.457 bits per heavy atom. The number of benzene rings is 9. The van der Waals surface area contributed by atoms with E-state index in [4.69, 9.17) is 0 Å². The van der Waals surface area contributed by atoms with E-state index in [1.807, 2.05) is 22.7 Å². The summed E-state index contributed by atoms with van der Waals surface area (Å²) in [5.74, 6) is 5.32. The van der Waals surface area contributed by atoms with E-state index in [2.05, 4.69) is 188 Å². The van der Waals surface area contributed by atoms with Crippen molar-refractivity contribution in [2.45, 2.75) is 114 Å². The predicted molar refractivity (Wildman–Crippen MR) is 347 cm³/mol. The van der Waals surface area contributed by atoms with Gasteiger partial charge in [0, 0.05) is 74.3 Å². The highest BCUT2D eigenvalue weighted by Gasteiger charge is 2.54. The standard InChI is InChI=1S/C76H65BN2S2/c1-74(2,3)51-17-19-64(55(29-51)48-11-5-4-6-12-48)78-66-35-69-58(57-27-49-13-7-8-14-50(49)28-68(57)80-69)34-63(66)77-70-59(33-62-54-15-9-10-16-67(54)81-73(62)72(70)78)61-32-53(76-39-45-24-46(40-76)26-47(25-45)41-76)31-60-56-30-52(18-20-65(56)79(77)71(60)61)75-36-42-21-43(37-75)23-44(22-42)38-75/h4-20,27-35,42-47H,21-26,36-41H2,1-3H3. The molecule has 0 spiro atoms. The van der Waals surface area contributed by atoms with Crippen molar-refractivity contribution in [3.63, 3.8) is 0 Å². The molecule has 0 saturated heterocycles. The molecular formula is C76H65BN2S2. The molecule has 10 aliphatic rings. The molecule has 8 bridgehead atoms. The van der Waals surface area contributed by atoms with Crippen molar-refractivity contribution in [2.24, 2.45) is 35.5 Å². The lowest BCUT2D eigenvalue weighted by Crippen LogP contribution is -2.56. The van der Waals surface area contributed by atoms with Gasteiger partial charge in [-0.25, -0.2) is 0 Å². The summed E-state index contributed by atoms with van der Waals surface area (Å²) in [4.78, 5) is 2.81. The molecule has 12 aromatic rings. The van der Waals surface area contributed by atoms with Crippen LogP contribution in [0, 0.1) is 35.5 Å². The monoisotopic (exact) mass is 1080 g/mol. The summed E-state index contributed by atoms with van der Waals surface area (Å²) in [5.41, 5.74) is 20.3. The third kappa shape index (κ3) is 6.20. The van der Waals surface area contributed by atoms with Crippen LogP contribution in [0.2, 0.25) is 0 Å².